The zero-order valence-corrected chi connectivity index (χ0v) is 9.56. The topological polar surface area (TPSA) is 89.1 Å². The van der Waals surface area contributed by atoms with E-state index in [9.17, 15) is 4.79 Å². The summed E-state index contributed by atoms with van der Waals surface area (Å²) in [5, 5.41) is 10.5. The van der Waals surface area contributed by atoms with E-state index < -0.39 is 0 Å². The van der Waals surface area contributed by atoms with Gasteiger partial charge in [0.1, 0.15) is 5.69 Å². The Labute approximate surface area is 102 Å². The Balaban J connectivity index is 1.88. The first-order chi connectivity index (χ1) is 8.72. The van der Waals surface area contributed by atoms with Crippen LogP contribution in [0.2, 0.25) is 0 Å². The van der Waals surface area contributed by atoms with Crippen LogP contribution in [0.1, 0.15) is 5.69 Å². The first-order valence-electron chi connectivity index (χ1n) is 5.32. The van der Waals surface area contributed by atoms with Gasteiger partial charge < -0.3 is 14.8 Å². The lowest BCUT2D eigenvalue weighted by molar-refractivity contribution is 0.174. The van der Waals surface area contributed by atoms with Crippen LogP contribution < -0.4 is 20.3 Å². The first-order valence-corrected chi connectivity index (χ1v) is 5.32. The van der Waals surface area contributed by atoms with E-state index in [1.807, 2.05) is 0 Å². The van der Waals surface area contributed by atoms with Crippen LogP contribution in [0.5, 0.6) is 11.5 Å². The molecule has 0 bridgehead atoms. The second-order valence-electron chi connectivity index (χ2n) is 3.78. The number of hydrogen-bond acceptors (Lipinski definition) is 6. The number of nitrogens with one attached hydrogen (secondary N) is 2. The smallest absolute Gasteiger partial charge is 0.273 e. The molecule has 0 atom stereocenters. The summed E-state index contributed by atoms with van der Waals surface area (Å²) in [5.41, 5.74) is 0.785. The van der Waals surface area contributed by atoms with Gasteiger partial charge in [0.05, 0.1) is 0 Å². The lowest BCUT2D eigenvalue weighted by Gasteiger charge is -2.05. The molecule has 2 aromatic rings. The molecule has 2 heterocycles. The number of benzene rings is 1. The number of H-pyrrole nitrogens is 1. The van der Waals surface area contributed by atoms with Crippen molar-refractivity contribution in [2.45, 2.75) is 6.92 Å². The van der Waals surface area contributed by atoms with E-state index in [2.05, 4.69) is 20.5 Å². The Morgan fingerprint density at radius 2 is 2.11 bits per heavy atom. The van der Waals surface area contributed by atoms with Crippen molar-refractivity contribution in [3.05, 3.63) is 34.2 Å². The van der Waals surface area contributed by atoms with Crippen LogP contribution in [0, 0.1) is 6.92 Å². The minimum Gasteiger partial charge on any atom is -0.454 e. The van der Waals surface area contributed by atoms with Crippen molar-refractivity contribution in [3.63, 3.8) is 0 Å². The molecule has 0 unspecified atom stereocenters. The summed E-state index contributed by atoms with van der Waals surface area (Å²) in [6.07, 6.45) is 0. The summed E-state index contributed by atoms with van der Waals surface area (Å²) in [4.78, 5) is 14.0. The molecular formula is C11H10N4O3. The highest BCUT2D eigenvalue weighted by atomic mass is 16.7. The van der Waals surface area contributed by atoms with Gasteiger partial charge in [0, 0.05) is 11.8 Å². The molecule has 1 aromatic heterocycles. The maximum atomic E-state index is 11.4. The number of ether oxygens (including phenoxy) is 2. The zero-order chi connectivity index (χ0) is 12.5. The average Bonchev–Trinajstić information content (AvgIpc) is 2.81. The monoisotopic (exact) mass is 246 g/mol. The summed E-state index contributed by atoms with van der Waals surface area (Å²) in [6, 6.07) is 5.35. The summed E-state index contributed by atoms with van der Waals surface area (Å²) in [7, 11) is 0. The molecule has 0 aliphatic carbocycles. The highest BCUT2D eigenvalue weighted by Crippen LogP contribution is 2.34. The fourth-order valence-electron chi connectivity index (χ4n) is 1.56. The van der Waals surface area contributed by atoms with Gasteiger partial charge in [-0.25, -0.2) is 0 Å². The van der Waals surface area contributed by atoms with Gasteiger partial charge in [-0.1, -0.05) is 0 Å². The van der Waals surface area contributed by atoms with Gasteiger partial charge in [-0.3, -0.25) is 9.78 Å². The molecule has 7 heteroatoms. The van der Waals surface area contributed by atoms with E-state index in [0.29, 0.717) is 17.2 Å². The van der Waals surface area contributed by atoms with Crippen molar-refractivity contribution in [1.82, 2.24) is 15.2 Å². The van der Waals surface area contributed by atoms with Gasteiger partial charge in [-0.2, -0.15) is 0 Å². The predicted octanol–water partition coefficient (Wildman–Crippen LogP) is 0.946. The van der Waals surface area contributed by atoms with Gasteiger partial charge >= 0.3 is 0 Å². The number of aromatic nitrogens is 3. The van der Waals surface area contributed by atoms with Crippen molar-refractivity contribution in [1.29, 1.82) is 0 Å². The van der Waals surface area contributed by atoms with E-state index in [0.717, 1.165) is 5.69 Å². The number of aryl methyl sites for hydroxylation is 1. The Hall–Kier alpha value is -2.57. The number of aromatic amines is 1. The van der Waals surface area contributed by atoms with E-state index in [4.69, 9.17) is 9.47 Å². The summed E-state index contributed by atoms with van der Waals surface area (Å²) < 4.78 is 10.5. The van der Waals surface area contributed by atoms with Gasteiger partial charge in [-0.15, -0.1) is 10.2 Å². The molecular weight excluding hydrogens is 236 g/mol. The molecule has 0 radical (unpaired) electrons. The second kappa shape index (κ2) is 4.02. The molecule has 0 saturated carbocycles. The van der Waals surface area contributed by atoms with Crippen LogP contribution in [-0.2, 0) is 0 Å². The molecule has 0 saturated heterocycles. The number of nitrogens with zero attached hydrogens (tertiary/aromatic N) is 2. The summed E-state index contributed by atoms with van der Waals surface area (Å²) in [6.45, 7) is 1.82. The highest BCUT2D eigenvalue weighted by Gasteiger charge is 2.13. The standard InChI is InChI=1S/C11H10N4O3/c1-6-10(16)13-11(15-14-6)12-7-2-3-8-9(4-7)18-5-17-8/h2-4H,5H2,1H3,(H2,12,13,15,16). The van der Waals surface area contributed by atoms with E-state index in [1.165, 1.54) is 0 Å². The summed E-state index contributed by atoms with van der Waals surface area (Å²) in [5.74, 6) is 1.64. The SMILES string of the molecule is Cc1nnc(Nc2ccc3c(c2)OCO3)[nH]c1=O. The third-order valence-electron chi connectivity index (χ3n) is 2.50. The number of hydrogen-bond donors (Lipinski definition) is 2. The van der Waals surface area contributed by atoms with Crippen LogP contribution in [0.3, 0.4) is 0 Å². The molecule has 0 fully saturated rings. The van der Waals surface area contributed by atoms with Crippen molar-refractivity contribution in [2.75, 3.05) is 12.1 Å². The number of anilines is 2. The van der Waals surface area contributed by atoms with E-state index in [1.54, 1.807) is 25.1 Å². The molecule has 0 amide bonds. The third kappa shape index (κ3) is 1.86. The van der Waals surface area contributed by atoms with Crippen LogP contribution >= 0.6 is 0 Å². The molecule has 1 aromatic carbocycles. The lowest BCUT2D eigenvalue weighted by Crippen LogP contribution is -2.15. The molecule has 92 valence electrons. The Bertz CT molecular complexity index is 653. The summed E-state index contributed by atoms with van der Waals surface area (Å²) >= 11 is 0. The Kier molecular flexibility index (Phi) is 2.36. The quantitative estimate of drug-likeness (QED) is 0.819. The van der Waals surface area contributed by atoms with Crippen molar-refractivity contribution in [3.8, 4) is 11.5 Å². The normalized spacial score (nSPS) is 12.5. The number of rotatable bonds is 2. The van der Waals surface area contributed by atoms with Gasteiger partial charge in [-0.05, 0) is 19.1 Å². The lowest BCUT2D eigenvalue weighted by atomic mass is 10.3. The van der Waals surface area contributed by atoms with Gasteiger partial charge in [0.25, 0.3) is 5.56 Å². The second-order valence-corrected chi connectivity index (χ2v) is 3.78. The Morgan fingerprint density at radius 3 is 2.94 bits per heavy atom. The van der Waals surface area contributed by atoms with Gasteiger partial charge in [0.2, 0.25) is 12.7 Å². The zero-order valence-electron chi connectivity index (χ0n) is 9.56. The predicted molar refractivity (Wildman–Crippen MR) is 63.2 cm³/mol. The minimum atomic E-state index is -0.270. The van der Waals surface area contributed by atoms with E-state index >= 15 is 0 Å². The van der Waals surface area contributed by atoms with Crippen molar-refractivity contribution >= 4 is 11.6 Å². The highest BCUT2D eigenvalue weighted by molar-refractivity contribution is 5.60. The van der Waals surface area contributed by atoms with Crippen molar-refractivity contribution in [2.24, 2.45) is 0 Å². The molecule has 1 aliphatic heterocycles. The molecule has 0 spiro atoms. The van der Waals surface area contributed by atoms with E-state index in [-0.39, 0.29) is 18.3 Å². The minimum absolute atomic E-state index is 0.222. The molecule has 18 heavy (non-hydrogen) atoms. The van der Waals surface area contributed by atoms with Crippen LogP contribution in [0.25, 0.3) is 0 Å². The first kappa shape index (κ1) is 10.6. The largest absolute Gasteiger partial charge is 0.454 e. The maximum Gasteiger partial charge on any atom is 0.273 e. The van der Waals surface area contributed by atoms with Crippen LogP contribution in [0.15, 0.2) is 23.0 Å². The molecule has 7 nitrogen and oxygen atoms in total. The fraction of sp³-hybridized carbons (Fsp3) is 0.182. The molecule has 1 aliphatic rings. The number of fused-ring (bicyclic) bond motifs is 1. The Morgan fingerprint density at radius 1 is 1.28 bits per heavy atom. The average molecular weight is 246 g/mol. The van der Waals surface area contributed by atoms with Crippen molar-refractivity contribution < 1.29 is 9.47 Å². The molecule has 3 rings (SSSR count). The third-order valence-corrected chi connectivity index (χ3v) is 2.50. The van der Waals surface area contributed by atoms with Gasteiger partial charge in [0.15, 0.2) is 11.5 Å². The van der Waals surface area contributed by atoms with Crippen LogP contribution in [-0.4, -0.2) is 22.0 Å². The fourth-order valence-corrected chi connectivity index (χ4v) is 1.56. The molecule has 2 N–H and O–H groups in total. The van der Waals surface area contributed by atoms with Crippen LogP contribution in [0.4, 0.5) is 11.6 Å². The maximum absolute atomic E-state index is 11.4.